The molecule has 3 unspecified atom stereocenters. The van der Waals surface area contributed by atoms with Crippen LogP contribution >= 0.6 is 23.4 Å². The van der Waals surface area contributed by atoms with Gasteiger partial charge in [0.15, 0.2) is 5.82 Å². The van der Waals surface area contributed by atoms with Gasteiger partial charge in [0, 0.05) is 48.9 Å². The van der Waals surface area contributed by atoms with Crippen LogP contribution in [-0.2, 0) is 28.7 Å². The minimum absolute atomic E-state index is 0.00753. The van der Waals surface area contributed by atoms with Crippen LogP contribution in [0.5, 0.6) is 5.75 Å². The molecular formula is C50H56ClN9O9S. The molecule has 0 aliphatic carbocycles. The van der Waals surface area contributed by atoms with E-state index in [1.54, 1.807) is 53.1 Å². The topological polar surface area (TPSA) is 216 Å². The first-order valence-corrected chi connectivity index (χ1v) is 24.7. The van der Waals surface area contributed by atoms with Gasteiger partial charge in [-0.2, -0.15) is 0 Å². The van der Waals surface area contributed by atoms with Crippen LogP contribution in [0.1, 0.15) is 102 Å². The predicted octanol–water partition coefficient (Wildman–Crippen LogP) is 6.52. The summed E-state index contributed by atoms with van der Waals surface area (Å²) in [6.07, 6.45) is 1.26. The Morgan fingerprint density at radius 3 is 2.37 bits per heavy atom. The number of anilines is 2. The highest BCUT2D eigenvalue weighted by molar-refractivity contribution is 8.03. The first kappa shape index (κ1) is 50.0. The quantitative estimate of drug-likeness (QED) is 0.0600. The SMILES string of the molecule is CCCC(=O)N(CCOCCNc1cccc2c1C(=O)N(C1CCC(=O)NC1=O)C2=O)CCOCCOc1ccc(NC(=O)C[C@@H]2N=C(c3ccc(Cl)cc3)C3C(C)=C(C)SC3n3c(C)nnc32)cc1. The number of rotatable bonds is 21. The molecule has 1 saturated heterocycles. The average Bonchev–Trinajstić information content (AvgIpc) is 3.92. The molecule has 3 aromatic carbocycles. The molecule has 4 atom stereocenters. The lowest BCUT2D eigenvalue weighted by molar-refractivity contribution is -0.136. The molecule has 4 aliphatic rings. The fourth-order valence-electron chi connectivity index (χ4n) is 9.01. The second-order valence-corrected chi connectivity index (χ2v) is 19.1. The fraction of sp³-hybridized carbons (Fsp3) is 0.420. The number of benzene rings is 3. The number of aromatic nitrogens is 3. The number of aryl methyl sites for hydroxylation is 1. The third kappa shape index (κ3) is 11.1. The minimum Gasteiger partial charge on any atom is -0.491 e. The second-order valence-electron chi connectivity index (χ2n) is 17.3. The Balaban J connectivity index is 0.761. The van der Waals surface area contributed by atoms with Gasteiger partial charge in [0.2, 0.25) is 23.6 Å². The number of halogens is 1. The Labute approximate surface area is 414 Å². The van der Waals surface area contributed by atoms with Crippen molar-refractivity contribution in [3.05, 3.63) is 111 Å². The van der Waals surface area contributed by atoms with Gasteiger partial charge in [-0.1, -0.05) is 42.3 Å². The van der Waals surface area contributed by atoms with E-state index in [0.717, 1.165) is 22.0 Å². The number of amides is 6. The smallest absolute Gasteiger partial charge is 0.264 e. The maximum Gasteiger partial charge on any atom is 0.264 e. The summed E-state index contributed by atoms with van der Waals surface area (Å²) in [4.78, 5) is 86.3. The van der Waals surface area contributed by atoms with Gasteiger partial charge in [0.1, 0.15) is 30.3 Å². The third-order valence-corrected chi connectivity index (χ3v) is 14.3. The molecule has 4 aliphatic heterocycles. The Kier molecular flexibility index (Phi) is 16.1. The van der Waals surface area contributed by atoms with Gasteiger partial charge >= 0.3 is 0 Å². The number of thioether (sulfide) groups is 1. The van der Waals surface area contributed by atoms with Crippen LogP contribution in [0, 0.1) is 12.8 Å². The number of carbonyl (C=O) groups is 6. The van der Waals surface area contributed by atoms with Crippen molar-refractivity contribution in [2.75, 3.05) is 63.3 Å². The van der Waals surface area contributed by atoms with Crippen molar-refractivity contribution in [2.45, 2.75) is 77.3 Å². The largest absolute Gasteiger partial charge is 0.491 e. The van der Waals surface area contributed by atoms with Crippen LogP contribution in [0.15, 0.2) is 82.2 Å². The summed E-state index contributed by atoms with van der Waals surface area (Å²) in [5.74, 6) is -0.494. The Morgan fingerprint density at radius 2 is 1.64 bits per heavy atom. The first-order valence-electron chi connectivity index (χ1n) is 23.5. The molecule has 0 spiro atoms. The number of nitrogens with zero attached hydrogens (tertiary/aromatic N) is 6. The molecule has 368 valence electrons. The lowest BCUT2D eigenvalue weighted by Crippen LogP contribution is -2.54. The van der Waals surface area contributed by atoms with E-state index in [4.69, 9.17) is 30.8 Å². The zero-order chi connectivity index (χ0) is 49.5. The summed E-state index contributed by atoms with van der Waals surface area (Å²) in [6, 6.07) is 18.0. The summed E-state index contributed by atoms with van der Waals surface area (Å²) in [6.45, 7) is 10.6. The number of ether oxygens (including phenoxy) is 3. The lowest BCUT2D eigenvalue weighted by Gasteiger charge is -2.27. The van der Waals surface area contributed by atoms with Crippen LogP contribution in [0.25, 0.3) is 0 Å². The van der Waals surface area contributed by atoms with Crippen LogP contribution in [0.3, 0.4) is 0 Å². The first-order chi connectivity index (χ1) is 33.8. The van der Waals surface area contributed by atoms with E-state index in [-0.39, 0.29) is 79.9 Å². The maximum atomic E-state index is 13.6. The van der Waals surface area contributed by atoms with E-state index in [0.29, 0.717) is 67.1 Å². The molecule has 18 nitrogen and oxygen atoms in total. The van der Waals surface area contributed by atoms with Gasteiger partial charge in [0.25, 0.3) is 11.8 Å². The van der Waals surface area contributed by atoms with E-state index < -0.39 is 35.7 Å². The predicted molar refractivity (Wildman–Crippen MR) is 264 cm³/mol. The van der Waals surface area contributed by atoms with Gasteiger partial charge in [-0.25, -0.2) is 0 Å². The highest BCUT2D eigenvalue weighted by Crippen LogP contribution is 2.53. The van der Waals surface area contributed by atoms with Crippen molar-refractivity contribution in [2.24, 2.45) is 10.9 Å². The van der Waals surface area contributed by atoms with Crippen LogP contribution < -0.4 is 20.7 Å². The molecule has 20 heteroatoms. The number of hydrogen-bond donors (Lipinski definition) is 3. The summed E-state index contributed by atoms with van der Waals surface area (Å²) in [7, 11) is 0. The van der Waals surface area contributed by atoms with Gasteiger partial charge in [-0.3, -0.25) is 48.5 Å². The van der Waals surface area contributed by atoms with Crippen molar-refractivity contribution in [1.82, 2.24) is 29.9 Å². The maximum absolute atomic E-state index is 13.6. The van der Waals surface area contributed by atoms with Crippen LogP contribution in [-0.4, -0.2) is 124 Å². The highest BCUT2D eigenvalue weighted by Gasteiger charge is 2.46. The molecule has 0 radical (unpaired) electrons. The molecule has 70 heavy (non-hydrogen) atoms. The molecule has 8 rings (SSSR count). The molecule has 6 amide bonds. The Hall–Kier alpha value is -6.41. The number of carbonyl (C=O) groups excluding carboxylic acids is 6. The number of nitrogens with one attached hydrogen (secondary N) is 3. The highest BCUT2D eigenvalue weighted by atomic mass is 35.5. The summed E-state index contributed by atoms with van der Waals surface area (Å²) < 4.78 is 19.7. The van der Waals surface area contributed by atoms with E-state index in [9.17, 15) is 28.8 Å². The molecular weight excluding hydrogens is 938 g/mol. The fourth-order valence-corrected chi connectivity index (χ4v) is 10.6. The molecule has 1 fully saturated rings. The van der Waals surface area contributed by atoms with Crippen molar-refractivity contribution in [3.8, 4) is 5.75 Å². The van der Waals surface area contributed by atoms with Crippen LogP contribution in [0.4, 0.5) is 11.4 Å². The van der Waals surface area contributed by atoms with E-state index in [1.807, 2.05) is 38.1 Å². The van der Waals surface area contributed by atoms with Crippen molar-refractivity contribution in [3.63, 3.8) is 0 Å². The lowest BCUT2D eigenvalue weighted by atomic mass is 9.90. The summed E-state index contributed by atoms with van der Waals surface area (Å²) >= 11 is 8.03. The molecule has 0 saturated carbocycles. The molecule has 0 bridgehead atoms. The standard InChI is InChI=1S/C50H56ClN9O9S/c1-5-7-42(63)58(21-24-67-23-20-52-37-9-6-8-36-44(37)49(66)60(48(36)65)39-18-19-40(61)55-47(39)64)22-25-68-26-27-69-35-16-14-34(15-17-35)53-41(62)28-38-46-57-56-31(4)59(46)50-43(29(2)30(3)70-50)45(54-38)32-10-12-33(51)13-11-32/h6,8-17,38-39,43,50,52H,5,7,18-28H2,1-4H3,(H,53,62)(H,55,61,64)/t38-,39?,43?,50?/m0/s1. The third-order valence-electron chi connectivity index (χ3n) is 12.6. The number of imide groups is 2. The normalized spacial score (nSPS) is 19.6. The number of piperidine rings is 1. The number of aliphatic imine (C=N–C) groups is 1. The minimum atomic E-state index is -1.05. The van der Waals surface area contributed by atoms with Gasteiger partial charge in [-0.15, -0.1) is 22.0 Å². The van der Waals surface area contributed by atoms with Crippen LogP contribution in [0.2, 0.25) is 5.02 Å². The van der Waals surface area contributed by atoms with Crippen molar-refractivity contribution >= 4 is 75.9 Å². The van der Waals surface area contributed by atoms with Crippen molar-refractivity contribution in [1.29, 1.82) is 0 Å². The van der Waals surface area contributed by atoms with Gasteiger partial charge in [0.05, 0.1) is 61.0 Å². The van der Waals surface area contributed by atoms with Gasteiger partial charge < -0.3 is 29.7 Å². The zero-order valence-electron chi connectivity index (χ0n) is 39.5. The number of fused-ring (bicyclic) bond motifs is 4. The average molecular weight is 995 g/mol. The molecule has 5 heterocycles. The monoisotopic (exact) mass is 993 g/mol. The number of hydrogen-bond acceptors (Lipinski definition) is 14. The van der Waals surface area contributed by atoms with E-state index in [1.165, 1.54) is 16.5 Å². The van der Waals surface area contributed by atoms with Gasteiger partial charge in [-0.05, 0) is 92.6 Å². The van der Waals surface area contributed by atoms with Crippen molar-refractivity contribution < 1.29 is 43.0 Å². The summed E-state index contributed by atoms with van der Waals surface area (Å²) in [5.41, 5.74) is 4.48. The molecule has 4 aromatic rings. The number of allylic oxidation sites excluding steroid dienone is 2. The Bertz CT molecular complexity index is 2710. The second kappa shape index (κ2) is 22.6. The van der Waals surface area contributed by atoms with E-state index >= 15 is 0 Å². The van der Waals surface area contributed by atoms with E-state index in [2.05, 4.69) is 44.6 Å². The summed E-state index contributed by atoms with van der Waals surface area (Å²) in [5, 5.41) is 17.9. The molecule has 3 N–H and O–H groups in total. The molecule has 1 aromatic heterocycles. The zero-order valence-corrected chi connectivity index (χ0v) is 41.1. The Morgan fingerprint density at radius 1 is 0.900 bits per heavy atom.